The number of aliphatic imine (C=N–C) groups is 1. The smallest absolute Gasteiger partial charge is 0.191 e. The van der Waals surface area contributed by atoms with Gasteiger partial charge in [-0.05, 0) is 51.6 Å². The second kappa shape index (κ2) is 11.5. The quantitative estimate of drug-likeness (QED) is 0.353. The van der Waals surface area contributed by atoms with Crippen LogP contribution in [-0.2, 0) is 4.74 Å². The molecule has 0 aromatic carbocycles. The molecule has 1 saturated heterocycles. The Kier molecular flexibility index (Phi) is 11.5. The first kappa shape index (κ1) is 23.9. The number of likely N-dealkylation sites (tertiary alicyclic amines) is 1. The Balaban J connectivity index is 0.00000529. The molecule has 1 fully saturated rings. The number of methoxy groups -OCH3 is 1. The molecule has 0 amide bonds. The molecule has 5 nitrogen and oxygen atoms in total. The van der Waals surface area contributed by atoms with Gasteiger partial charge in [0.1, 0.15) is 0 Å². The highest BCUT2D eigenvalue weighted by Gasteiger charge is 2.26. The zero-order valence-corrected chi connectivity index (χ0v) is 19.0. The van der Waals surface area contributed by atoms with Crippen LogP contribution in [0.5, 0.6) is 0 Å². The molecule has 1 aliphatic heterocycles. The van der Waals surface area contributed by atoms with Crippen LogP contribution >= 0.6 is 24.0 Å². The Bertz CT molecular complexity index is 366. The lowest BCUT2D eigenvalue weighted by Gasteiger charge is -2.39. The fourth-order valence-electron chi connectivity index (χ4n) is 2.94. The third-order valence-electron chi connectivity index (χ3n) is 4.99. The number of rotatable bonds is 7. The first-order valence-corrected chi connectivity index (χ1v) is 9.02. The summed E-state index contributed by atoms with van der Waals surface area (Å²) >= 11 is 0. The minimum absolute atomic E-state index is 0. The summed E-state index contributed by atoms with van der Waals surface area (Å²) in [6, 6.07) is 0.552. The lowest BCUT2D eigenvalue weighted by molar-refractivity contribution is 0.0267. The molecule has 0 aromatic heterocycles. The van der Waals surface area contributed by atoms with E-state index in [1.165, 1.54) is 25.9 Å². The van der Waals surface area contributed by atoms with Crippen LogP contribution in [0.3, 0.4) is 0 Å². The van der Waals surface area contributed by atoms with E-state index in [2.05, 4.69) is 55.1 Å². The van der Waals surface area contributed by atoms with Crippen LogP contribution in [0.2, 0.25) is 0 Å². The van der Waals surface area contributed by atoms with Crippen molar-refractivity contribution >= 4 is 29.9 Å². The Labute approximate surface area is 166 Å². The minimum Gasteiger partial charge on any atom is -0.377 e. The summed E-state index contributed by atoms with van der Waals surface area (Å²) in [5, 5.41) is 6.86. The van der Waals surface area contributed by atoms with E-state index < -0.39 is 0 Å². The van der Waals surface area contributed by atoms with Crippen molar-refractivity contribution in [2.75, 3.05) is 40.3 Å². The van der Waals surface area contributed by atoms with Crippen LogP contribution in [0.15, 0.2) is 4.99 Å². The van der Waals surface area contributed by atoms with Gasteiger partial charge in [0.05, 0.1) is 5.60 Å². The number of piperidine rings is 1. The average molecular weight is 454 g/mol. The monoisotopic (exact) mass is 454 g/mol. The van der Waals surface area contributed by atoms with Crippen LogP contribution in [0.25, 0.3) is 0 Å². The Morgan fingerprint density at radius 2 is 1.83 bits per heavy atom. The van der Waals surface area contributed by atoms with E-state index in [4.69, 9.17) is 4.74 Å². The molecule has 1 aliphatic rings. The molecule has 2 N–H and O–H groups in total. The topological polar surface area (TPSA) is 48.9 Å². The van der Waals surface area contributed by atoms with Crippen LogP contribution in [-0.4, -0.2) is 62.8 Å². The van der Waals surface area contributed by atoms with Crippen molar-refractivity contribution in [3.05, 3.63) is 0 Å². The maximum atomic E-state index is 5.45. The number of hydrogen-bond donors (Lipinski definition) is 2. The summed E-state index contributed by atoms with van der Waals surface area (Å²) < 4.78 is 5.45. The van der Waals surface area contributed by atoms with Gasteiger partial charge >= 0.3 is 0 Å². The van der Waals surface area contributed by atoms with Crippen molar-refractivity contribution in [1.29, 1.82) is 0 Å². The number of nitrogens with zero attached hydrogens (tertiary/aromatic N) is 2. The standard InChI is InChI=1S/C18H38N4O.HI/c1-14(2)16(22-10-8-15(3)9-11-22)12-20-17(19-6)21-13-18(4,5)23-7;/h14-16H,8-13H2,1-7H3,(H2,19,20,21);1H. The molecule has 0 aliphatic carbocycles. The van der Waals surface area contributed by atoms with E-state index in [1.807, 2.05) is 7.05 Å². The highest BCUT2D eigenvalue weighted by atomic mass is 127. The number of halogens is 1. The first-order valence-electron chi connectivity index (χ1n) is 9.02. The van der Waals surface area contributed by atoms with Gasteiger partial charge in [-0.3, -0.25) is 9.89 Å². The molecular weight excluding hydrogens is 415 g/mol. The van der Waals surface area contributed by atoms with Crippen molar-refractivity contribution in [1.82, 2.24) is 15.5 Å². The predicted octanol–water partition coefficient (Wildman–Crippen LogP) is 2.95. The van der Waals surface area contributed by atoms with E-state index in [1.54, 1.807) is 7.11 Å². The minimum atomic E-state index is -0.196. The summed E-state index contributed by atoms with van der Waals surface area (Å²) in [6.07, 6.45) is 2.64. The van der Waals surface area contributed by atoms with E-state index in [0.29, 0.717) is 12.0 Å². The third-order valence-corrected chi connectivity index (χ3v) is 4.99. The van der Waals surface area contributed by atoms with Crippen molar-refractivity contribution in [3.8, 4) is 0 Å². The summed E-state index contributed by atoms with van der Waals surface area (Å²) in [7, 11) is 3.56. The van der Waals surface area contributed by atoms with Gasteiger partial charge in [0.25, 0.3) is 0 Å². The summed E-state index contributed by atoms with van der Waals surface area (Å²) in [5.74, 6) is 2.35. The number of guanidine groups is 1. The van der Waals surface area contributed by atoms with Gasteiger partial charge < -0.3 is 15.4 Å². The first-order chi connectivity index (χ1) is 10.8. The van der Waals surface area contributed by atoms with Crippen molar-refractivity contribution in [3.63, 3.8) is 0 Å². The molecule has 1 unspecified atom stereocenters. The Morgan fingerprint density at radius 1 is 1.25 bits per heavy atom. The Morgan fingerprint density at radius 3 is 2.29 bits per heavy atom. The van der Waals surface area contributed by atoms with Gasteiger partial charge in [0.15, 0.2) is 5.96 Å². The molecular formula is C18H39IN4O. The van der Waals surface area contributed by atoms with Crippen LogP contribution in [0, 0.1) is 11.8 Å². The fourth-order valence-corrected chi connectivity index (χ4v) is 2.94. The van der Waals surface area contributed by atoms with Gasteiger partial charge in [0.2, 0.25) is 0 Å². The maximum absolute atomic E-state index is 5.45. The number of hydrogen-bond acceptors (Lipinski definition) is 3. The average Bonchev–Trinajstić information content (AvgIpc) is 2.51. The van der Waals surface area contributed by atoms with Crippen LogP contribution in [0.4, 0.5) is 0 Å². The van der Waals surface area contributed by atoms with Crippen molar-refractivity contribution in [2.45, 2.75) is 59.1 Å². The van der Waals surface area contributed by atoms with Gasteiger partial charge in [-0.15, -0.1) is 24.0 Å². The molecule has 0 bridgehead atoms. The molecule has 0 aromatic rings. The molecule has 0 saturated carbocycles. The largest absolute Gasteiger partial charge is 0.377 e. The Hall–Kier alpha value is -0.0800. The molecule has 1 rings (SSSR count). The van der Waals surface area contributed by atoms with Crippen LogP contribution in [0.1, 0.15) is 47.5 Å². The van der Waals surface area contributed by atoms with Gasteiger partial charge in [0, 0.05) is 33.3 Å². The maximum Gasteiger partial charge on any atom is 0.191 e. The SMILES string of the molecule is CN=C(NCC(C(C)C)N1CCC(C)CC1)NCC(C)(C)OC.I. The van der Waals surface area contributed by atoms with Crippen molar-refractivity contribution in [2.24, 2.45) is 16.8 Å². The predicted molar refractivity (Wildman–Crippen MR) is 114 cm³/mol. The molecule has 1 atom stereocenters. The molecule has 144 valence electrons. The molecule has 0 spiro atoms. The highest BCUT2D eigenvalue weighted by Crippen LogP contribution is 2.21. The number of ether oxygens (including phenoxy) is 1. The lowest BCUT2D eigenvalue weighted by Crippen LogP contribution is -2.52. The molecule has 0 radical (unpaired) electrons. The van der Waals surface area contributed by atoms with Gasteiger partial charge in [-0.1, -0.05) is 20.8 Å². The fraction of sp³-hybridized carbons (Fsp3) is 0.944. The molecule has 6 heteroatoms. The van der Waals surface area contributed by atoms with E-state index in [0.717, 1.165) is 25.0 Å². The third kappa shape index (κ3) is 8.34. The summed E-state index contributed by atoms with van der Waals surface area (Å²) in [4.78, 5) is 6.98. The zero-order valence-electron chi connectivity index (χ0n) is 16.7. The van der Waals surface area contributed by atoms with E-state index in [-0.39, 0.29) is 29.6 Å². The summed E-state index contributed by atoms with van der Waals surface area (Å²) in [5.41, 5.74) is -0.196. The normalized spacial score (nSPS) is 19.1. The molecule has 24 heavy (non-hydrogen) atoms. The highest BCUT2D eigenvalue weighted by molar-refractivity contribution is 14.0. The van der Waals surface area contributed by atoms with Gasteiger partial charge in [-0.2, -0.15) is 0 Å². The second-order valence-electron chi connectivity index (χ2n) is 7.80. The van der Waals surface area contributed by atoms with Crippen LogP contribution < -0.4 is 10.6 Å². The zero-order chi connectivity index (χ0) is 17.5. The lowest BCUT2D eigenvalue weighted by atomic mass is 9.94. The summed E-state index contributed by atoms with van der Waals surface area (Å²) in [6.45, 7) is 15.2. The van der Waals surface area contributed by atoms with E-state index in [9.17, 15) is 0 Å². The van der Waals surface area contributed by atoms with Crippen molar-refractivity contribution < 1.29 is 4.74 Å². The second-order valence-corrected chi connectivity index (χ2v) is 7.80. The number of nitrogens with one attached hydrogen (secondary N) is 2. The van der Waals surface area contributed by atoms with E-state index >= 15 is 0 Å². The molecule has 1 heterocycles. The van der Waals surface area contributed by atoms with Gasteiger partial charge in [-0.25, -0.2) is 0 Å².